The van der Waals surface area contributed by atoms with Crippen LogP contribution in [0.3, 0.4) is 0 Å². The number of rotatable bonds is 3. The molecule has 0 atom stereocenters. The van der Waals surface area contributed by atoms with E-state index >= 15 is 0 Å². The molecule has 0 amide bonds. The van der Waals surface area contributed by atoms with Crippen molar-refractivity contribution in [2.45, 2.75) is 13.5 Å². The van der Waals surface area contributed by atoms with Gasteiger partial charge in [0.05, 0.1) is 23.8 Å². The van der Waals surface area contributed by atoms with E-state index in [9.17, 15) is 8.78 Å². The van der Waals surface area contributed by atoms with E-state index in [1.807, 2.05) is 0 Å². The van der Waals surface area contributed by atoms with Crippen LogP contribution in [0.25, 0.3) is 11.0 Å². The van der Waals surface area contributed by atoms with Crippen molar-refractivity contribution in [3.63, 3.8) is 0 Å². The highest BCUT2D eigenvalue weighted by Gasteiger charge is 2.20. The fourth-order valence-electron chi connectivity index (χ4n) is 2.89. The second-order valence-electron chi connectivity index (χ2n) is 5.98. The number of hydrogen-bond acceptors (Lipinski definition) is 7. The van der Waals surface area contributed by atoms with Crippen molar-refractivity contribution in [2.24, 2.45) is 0 Å². The lowest BCUT2D eigenvalue weighted by Crippen LogP contribution is -2.46. The zero-order valence-electron chi connectivity index (χ0n) is 13.6. The van der Waals surface area contributed by atoms with Gasteiger partial charge in [0, 0.05) is 45.2 Å². The monoisotopic (exact) mass is 346 g/mol. The van der Waals surface area contributed by atoms with Crippen LogP contribution in [0.4, 0.5) is 14.6 Å². The van der Waals surface area contributed by atoms with Crippen LogP contribution in [0.2, 0.25) is 0 Å². The Kier molecular flexibility index (Phi) is 4.00. The Morgan fingerprint density at radius 2 is 1.76 bits per heavy atom. The number of halogens is 2. The van der Waals surface area contributed by atoms with Crippen molar-refractivity contribution in [1.82, 2.24) is 25.0 Å². The average molecular weight is 346 g/mol. The first-order valence-electron chi connectivity index (χ1n) is 7.97. The Morgan fingerprint density at radius 3 is 2.44 bits per heavy atom. The highest BCUT2D eigenvalue weighted by molar-refractivity contribution is 5.75. The molecule has 25 heavy (non-hydrogen) atoms. The van der Waals surface area contributed by atoms with Crippen molar-refractivity contribution in [3.8, 4) is 0 Å². The summed E-state index contributed by atoms with van der Waals surface area (Å²) in [4.78, 5) is 17.1. The lowest BCUT2D eigenvalue weighted by atomic mass is 10.2. The smallest absolute Gasteiger partial charge is 0.223 e. The summed E-state index contributed by atoms with van der Waals surface area (Å²) in [5.74, 6) is 0.0605. The van der Waals surface area contributed by atoms with Crippen molar-refractivity contribution >= 4 is 16.9 Å². The summed E-state index contributed by atoms with van der Waals surface area (Å²) >= 11 is 0. The molecule has 3 aromatic rings. The van der Waals surface area contributed by atoms with Gasteiger partial charge < -0.3 is 9.42 Å². The Morgan fingerprint density at radius 1 is 1.04 bits per heavy atom. The van der Waals surface area contributed by atoms with Crippen LogP contribution in [-0.4, -0.2) is 51.2 Å². The minimum absolute atomic E-state index is 0.341. The molecule has 0 radical (unpaired) electrons. The number of aromatic nitrogens is 4. The summed E-state index contributed by atoms with van der Waals surface area (Å²) in [6.07, 6.45) is 1.60. The number of piperazine rings is 1. The molecule has 0 N–H and O–H groups in total. The molecule has 1 aromatic carbocycles. The van der Waals surface area contributed by atoms with Gasteiger partial charge in [-0.1, -0.05) is 5.16 Å². The quantitative estimate of drug-likeness (QED) is 0.717. The van der Waals surface area contributed by atoms with Crippen molar-refractivity contribution in [1.29, 1.82) is 0 Å². The average Bonchev–Trinajstić information content (AvgIpc) is 3.01. The molecule has 0 aliphatic carbocycles. The van der Waals surface area contributed by atoms with Crippen molar-refractivity contribution < 1.29 is 13.3 Å². The fourth-order valence-corrected chi connectivity index (χ4v) is 2.89. The van der Waals surface area contributed by atoms with E-state index in [2.05, 4.69) is 29.9 Å². The molecule has 1 aliphatic heterocycles. The SMILES string of the molecule is Cc1nc(CN2CCN(c3cnc4cc(F)c(F)cc4n3)CC2)no1. The van der Waals surface area contributed by atoms with E-state index in [0.29, 0.717) is 35.1 Å². The lowest BCUT2D eigenvalue weighted by Gasteiger charge is -2.34. The molecule has 1 fully saturated rings. The van der Waals surface area contributed by atoms with E-state index in [-0.39, 0.29) is 0 Å². The van der Waals surface area contributed by atoms with E-state index < -0.39 is 11.6 Å². The standard InChI is InChI=1S/C16H16F2N6O/c1-10-20-15(22-25-10)9-23-2-4-24(5-3-23)16-8-19-13-6-11(17)12(18)7-14(13)21-16/h6-8H,2-5,9H2,1H3. The van der Waals surface area contributed by atoms with Crippen LogP contribution >= 0.6 is 0 Å². The summed E-state index contributed by atoms with van der Waals surface area (Å²) in [6.45, 7) is 5.53. The van der Waals surface area contributed by atoms with E-state index in [1.165, 1.54) is 0 Å². The minimum Gasteiger partial charge on any atom is -0.353 e. The van der Waals surface area contributed by atoms with Crippen molar-refractivity contribution in [3.05, 3.63) is 41.7 Å². The highest BCUT2D eigenvalue weighted by Crippen LogP contribution is 2.20. The predicted octanol–water partition coefficient (Wildman–Crippen LogP) is 1.92. The van der Waals surface area contributed by atoms with Gasteiger partial charge in [-0.3, -0.25) is 9.88 Å². The summed E-state index contributed by atoms with van der Waals surface area (Å²) in [5, 5.41) is 3.91. The van der Waals surface area contributed by atoms with Crippen LogP contribution in [0.15, 0.2) is 22.9 Å². The summed E-state index contributed by atoms with van der Waals surface area (Å²) in [7, 11) is 0. The maximum atomic E-state index is 13.4. The molecular formula is C16H16F2N6O. The summed E-state index contributed by atoms with van der Waals surface area (Å²) in [6, 6.07) is 2.14. The van der Waals surface area contributed by atoms with E-state index in [1.54, 1.807) is 13.1 Å². The number of anilines is 1. The second kappa shape index (κ2) is 6.32. The highest BCUT2D eigenvalue weighted by atomic mass is 19.2. The molecule has 0 unspecified atom stereocenters. The van der Waals surface area contributed by atoms with Crippen LogP contribution in [0.5, 0.6) is 0 Å². The van der Waals surface area contributed by atoms with Crippen LogP contribution < -0.4 is 4.90 Å². The largest absolute Gasteiger partial charge is 0.353 e. The third-order valence-corrected chi connectivity index (χ3v) is 4.20. The third kappa shape index (κ3) is 3.27. The maximum Gasteiger partial charge on any atom is 0.223 e. The number of nitrogens with zero attached hydrogens (tertiary/aromatic N) is 6. The first-order valence-corrected chi connectivity index (χ1v) is 7.97. The van der Waals surface area contributed by atoms with Crippen molar-refractivity contribution in [2.75, 3.05) is 31.1 Å². The molecule has 0 spiro atoms. The second-order valence-corrected chi connectivity index (χ2v) is 5.98. The molecule has 2 aromatic heterocycles. The minimum atomic E-state index is -0.917. The third-order valence-electron chi connectivity index (χ3n) is 4.20. The van der Waals surface area contributed by atoms with E-state index in [4.69, 9.17) is 4.52 Å². The zero-order valence-corrected chi connectivity index (χ0v) is 13.6. The topological polar surface area (TPSA) is 71.2 Å². The van der Waals surface area contributed by atoms with Gasteiger partial charge in [-0.25, -0.2) is 13.8 Å². The van der Waals surface area contributed by atoms with Gasteiger partial charge in [-0.05, 0) is 0 Å². The van der Waals surface area contributed by atoms with Gasteiger partial charge in [0.2, 0.25) is 5.89 Å². The maximum absolute atomic E-state index is 13.4. The number of benzene rings is 1. The molecule has 7 nitrogen and oxygen atoms in total. The number of aryl methyl sites for hydroxylation is 1. The predicted molar refractivity (Wildman–Crippen MR) is 86.0 cm³/mol. The lowest BCUT2D eigenvalue weighted by molar-refractivity contribution is 0.239. The molecule has 4 rings (SSSR count). The van der Waals surface area contributed by atoms with Gasteiger partial charge in [0.25, 0.3) is 0 Å². The summed E-state index contributed by atoms with van der Waals surface area (Å²) in [5.41, 5.74) is 0.690. The van der Waals surface area contributed by atoms with Gasteiger partial charge in [-0.2, -0.15) is 4.98 Å². The number of hydrogen-bond donors (Lipinski definition) is 0. The molecule has 0 saturated carbocycles. The Labute approximate surface area is 142 Å². The van der Waals surface area contributed by atoms with Gasteiger partial charge in [0.15, 0.2) is 17.5 Å². The van der Waals surface area contributed by atoms with Gasteiger partial charge in [0.1, 0.15) is 5.82 Å². The molecule has 130 valence electrons. The first-order chi connectivity index (χ1) is 12.1. The number of fused-ring (bicyclic) bond motifs is 1. The fraction of sp³-hybridized carbons (Fsp3) is 0.375. The van der Waals surface area contributed by atoms with Crippen LogP contribution in [0, 0.1) is 18.6 Å². The van der Waals surface area contributed by atoms with Gasteiger partial charge >= 0.3 is 0 Å². The van der Waals surface area contributed by atoms with E-state index in [0.717, 1.165) is 38.3 Å². The Balaban J connectivity index is 1.45. The zero-order chi connectivity index (χ0) is 17.4. The molecule has 0 bridgehead atoms. The Hall–Kier alpha value is -2.68. The molecular weight excluding hydrogens is 330 g/mol. The molecule has 1 saturated heterocycles. The first kappa shape index (κ1) is 15.8. The molecule has 3 heterocycles. The van der Waals surface area contributed by atoms with Crippen LogP contribution in [0.1, 0.15) is 11.7 Å². The van der Waals surface area contributed by atoms with Crippen LogP contribution in [-0.2, 0) is 6.54 Å². The molecule has 9 heteroatoms. The normalized spacial score (nSPS) is 15.9. The summed E-state index contributed by atoms with van der Waals surface area (Å²) < 4.78 is 31.6. The Bertz CT molecular complexity index is 907. The van der Waals surface area contributed by atoms with Gasteiger partial charge in [-0.15, -0.1) is 0 Å². The molecule has 1 aliphatic rings.